The molecular formula is C21H25N3O4. The number of ether oxygens (including phenoxy) is 1. The van der Waals surface area contributed by atoms with Crippen molar-refractivity contribution in [1.29, 1.82) is 0 Å². The standard InChI is InChI=1S/C21H25N3O4/c1-14(2)15-4-6-16(7-5-15)19-22-17(28-23-19)8-9-18(25)24-12-3-10-21(24)11-13-27-20(21)26/h4-7,14H,3,8-13H2,1-2H3/t21-/m0/s1. The molecule has 2 fully saturated rings. The van der Waals surface area contributed by atoms with Crippen molar-refractivity contribution in [2.75, 3.05) is 13.2 Å². The molecule has 2 aromatic rings. The number of amides is 1. The molecule has 3 heterocycles. The molecule has 1 aromatic carbocycles. The summed E-state index contributed by atoms with van der Waals surface area (Å²) in [5.74, 6) is 1.10. The highest BCUT2D eigenvalue weighted by Crippen LogP contribution is 2.38. The van der Waals surface area contributed by atoms with Crippen LogP contribution in [0.5, 0.6) is 0 Å². The molecule has 148 valence electrons. The van der Waals surface area contributed by atoms with E-state index < -0.39 is 5.54 Å². The molecule has 2 saturated heterocycles. The molecule has 0 saturated carbocycles. The van der Waals surface area contributed by atoms with Gasteiger partial charge in [-0.05, 0) is 24.3 Å². The first-order valence-electron chi connectivity index (χ1n) is 9.90. The van der Waals surface area contributed by atoms with Crippen LogP contribution in [0, 0.1) is 0 Å². The number of nitrogens with zero attached hydrogens (tertiary/aromatic N) is 3. The largest absolute Gasteiger partial charge is 0.464 e. The van der Waals surface area contributed by atoms with Crippen molar-refractivity contribution in [2.45, 2.75) is 57.4 Å². The number of hydrogen-bond donors (Lipinski definition) is 0. The molecule has 0 radical (unpaired) electrons. The van der Waals surface area contributed by atoms with Crippen LogP contribution in [0.4, 0.5) is 0 Å². The van der Waals surface area contributed by atoms with Gasteiger partial charge in [-0.3, -0.25) is 4.79 Å². The number of rotatable bonds is 5. The van der Waals surface area contributed by atoms with Gasteiger partial charge in [-0.15, -0.1) is 0 Å². The van der Waals surface area contributed by atoms with E-state index in [0.717, 1.165) is 12.0 Å². The Bertz CT molecular complexity index is 870. The molecule has 0 N–H and O–H groups in total. The summed E-state index contributed by atoms with van der Waals surface area (Å²) in [5, 5.41) is 4.03. The predicted octanol–water partition coefficient (Wildman–Crippen LogP) is 3.10. The lowest BCUT2D eigenvalue weighted by atomic mass is 9.94. The summed E-state index contributed by atoms with van der Waals surface area (Å²) in [5.41, 5.74) is 1.40. The third-order valence-electron chi connectivity index (χ3n) is 5.77. The average molecular weight is 383 g/mol. The molecule has 1 spiro atoms. The monoisotopic (exact) mass is 383 g/mol. The Balaban J connectivity index is 1.39. The molecule has 0 bridgehead atoms. The summed E-state index contributed by atoms with van der Waals surface area (Å²) in [6, 6.07) is 8.09. The van der Waals surface area contributed by atoms with E-state index in [1.807, 2.05) is 12.1 Å². The first-order chi connectivity index (χ1) is 13.5. The Labute approximate surface area is 164 Å². The fourth-order valence-corrected chi connectivity index (χ4v) is 4.10. The normalized spacial score (nSPS) is 21.7. The van der Waals surface area contributed by atoms with Crippen LogP contribution in [0.15, 0.2) is 28.8 Å². The highest BCUT2D eigenvalue weighted by molar-refractivity contribution is 5.90. The zero-order chi connectivity index (χ0) is 19.7. The quantitative estimate of drug-likeness (QED) is 0.738. The van der Waals surface area contributed by atoms with Crippen LogP contribution < -0.4 is 0 Å². The summed E-state index contributed by atoms with van der Waals surface area (Å²) in [6.07, 6.45) is 2.71. The van der Waals surface area contributed by atoms with Crippen molar-refractivity contribution >= 4 is 11.9 Å². The molecule has 7 nitrogen and oxygen atoms in total. The minimum absolute atomic E-state index is 0.0580. The Kier molecular flexibility index (Phi) is 4.91. The molecular weight excluding hydrogens is 358 g/mol. The lowest BCUT2D eigenvalue weighted by Crippen LogP contribution is -2.50. The predicted molar refractivity (Wildman–Crippen MR) is 101 cm³/mol. The smallest absolute Gasteiger partial charge is 0.332 e. The van der Waals surface area contributed by atoms with Crippen LogP contribution in [-0.2, 0) is 20.7 Å². The molecule has 4 rings (SSSR count). The summed E-state index contributed by atoms with van der Waals surface area (Å²) in [7, 11) is 0. The van der Waals surface area contributed by atoms with E-state index in [1.165, 1.54) is 5.56 Å². The molecule has 28 heavy (non-hydrogen) atoms. The minimum atomic E-state index is -0.741. The third-order valence-corrected chi connectivity index (χ3v) is 5.77. The van der Waals surface area contributed by atoms with Gasteiger partial charge in [0.1, 0.15) is 5.54 Å². The van der Waals surface area contributed by atoms with Crippen LogP contribution in [0.25, 0.3) is 11.4 Å². The van der Waals surface area contributed by atoms with Gasteiger partial charge in [0.05, 0.1) is 6.61 Å². The SMILES string of the molecule is CC(C)c1ccc(-c2noc(CCC(=O)N3CCC[C@@]34CCOC4=O)n2)cc1. The average Bonchev–Trinajstić information content (AvgIpc) is 3.42. The fraction of sp³-hybridized carbons (Fsp3) is 0.524. The number of esters is 1. The summed E-state index contributed by atoms with van der Waals surface area (Å²) < 4.78 is 10.5. The van der Waals surface area contributed by atoms with Crippen molar-refractivity contribution in [3.05, 3.63) is 35.7 Å². The third kappa shape index (κ3) is 3.30. The van der Waals surface area contributed by atoms with Gasteiger partial charge in [0.2, 0.25) is 17.6 Å². The van der Waals surface area contributed by atoms with E-state index in [2.05, 4.69) is 36.1 Å². The molecule has 1 amide bonds. The maximum atomic E-state index is 12.7. The first-order valence-corrected chi connectivity index (χ1v) is 9.90. The number of benzene rings is 1. The fourth-order valence-electron chi connectivity index (χ4n) is 4.10. The maximum absolute atomic E-state index is 12.7. The van der Waals surface area contributed by atoms with Gasteiger partial charge in [-0.1, -0.05) is 43.3 Å². The van der Waals surface area contributed by atoms with Gasteiger partial charge in [-0.25, -0.2) is 4.79 Å². The molecule has 0 aliphatic carbocycles. The van der Waals surface area contributed by atoms with Crippen molar-refractivity contribution < 1.29 is 18.8 Å². The second-order valence-corrected chi connectivity index (χ2v) is 7.85. The van der Waals surface area contributed by atoms with Gasteiger partial charge in [0.25, 0.3) is 0 Å². The van der Waals surface area contributed by atoms with E-state index in [4.69, 9.17) is 9.26 Å². The van der Waals surface area contributed by atoms with E-state index >= 15 is 0 Å². The number of carbonyl (C=O) groups is 2. The second-order valence-electron chi connectivity index (χ2n) is 7.85. The lowest BCUT2D eigenvalue weighted by molar-refractivity contribution is -0.152. The van der Waals surface area contributed by atoms with Gasteiger partial charge in [0, 0.05) is 31.4 Å². The zero-order valence-corrected chi connectivity index (χ0v) is 16.3. The van der Waals surface area contributed by atoms with E-state index in [0.29, 0.717) is 50.0 Å². The van der Waals surface area contributed by atoms with Crippen LogP contribution in [0.3, 0.4) is 0 Å². The highest BCUT2D eigenvalue weighted by atomic mass is 16.5. The summed E-state index contributed by atoms with van der Waals surface area (Å²) in [4.78, 5) is 31.0. The second kappa shape index (κ2) is 7.37. The summed E-state index contributed by atoms with van der Waals surface area (Å²) >= 11 is 0. The van der Waals surface area contributed by atoms with Crippen molar-refractivity contribution in [3.8, 4) is 11.4 Å². The van der Waals surface area contributed by atoms with Gasteiger partial charge < -0.3 is 14.2 Å². The molecule has 0 unspecified atom stereocenters. The van der Waals surface area contributed by atoms with Gasteiger partial charge in [-0.2, -0.15) is 4.98 Å². The number of hydrogen-bond acceptors (Lipinski definition) is 6. The molecule has 2 aliphatic heterocycles. The molecule has 2 aliphatic rings. The highest BCUT2D eigenvalue weighted by Gasteiger charge is 2.53. The summed E-state index contributed by atoms with van der Waals surface area (Å²) in [6.45, 7) is 5.29. The van der Waals surface area contributed by atoms with E-state index in [9.17, 15) is 9.59 Å². The molecule has 7 heteroatoms. The van der Waals surface area contributed by atoms with Crippen molar-refractivity contribution in [3.63, 3.8) is 0 Å². The Hall–Kier alpha value is -2.70. The van der Waals surface area contributed by atoms with E-state index in [1.54, 1.807) is 4.90 Å². The van der Waals surface area contributed by atoms with Crippen LogP contribution in [0.1, 0.15) is 56.9 Å². The molecule has 1 atom stereocenters. The lowest BCUT2D eigenvalue weighted by Gasteiger charge is -2.31. The Morgan fingerprint density at radius 3 is 2.71 bits per heavy atom. The van der Waals surface area contributed by atoms with Crippen molar-refractivity contribution in [1.82, 2.24) is 15.0 Å². The number of likely N-dealkylation sites (tertiary alicyclic amines) is 1. The minimum Gasteiger partial charge on any atom is -0.464 e. The van der Waals surface area contributed by atoms with Gasteiger partial charge >= 0.3 is 5.97 Å². The van der Waals surface area contributed by atoms with E-state index in [-0.39, 0.29) is 18.3 Å². The topological polar surface area (TPSA) is 85.5 Å². The maximum Gasteiger partial charge on any atom is 0.332 e. The first kappa shape index (κ1) is 18.7. The Morgan fingerprint density at radius 1 is 1.25 bits per heavy atom. The zero-order valence-electron chi connectivity index (χ0n) is 16.3. The number of carbonyl (C=O) groups excluding carboxylic acids is 2. The van der Waals surface area contributed by atoms with Crippen LogP contribution in [-0.4, -0.2) is 45.6 Å². The van der Waals surface area contributed by atoms with Gasteiger partial charge in [0.15, 0.2) is 0 Å². The van der Waals surface area contributed by atoms with Crippen molar-refractivity contribution in [2.24, 2.45) is 0 Å². The number of cyclic esters (lactones) is 1. The number of aromatic nitrogens is 2. The molecule has 1 aromatic heterocycles. The van der Waals surface area contributed by atoms with Crippen LogP contribution in [0.2, 0.25) is 0 Å². The Morgan fingerprint density at radius 2 is 2.04 bits per heavy atom. The number of aryl methyl sites for hydroxylation is 1. The van der Waals surface area contributed by atoms with Crippen LogP contribution >= 0.6 is 0 Å².